The Hall–Kier alpha value is -0.810. The van der Waals surface area contributed by atoms with E-state index in [1.807, 2.05) is 0 Å². The molecule has 0 radical (unpaired) electrons. The zero-order valence-corrected chi connectivity index (χ0v) is 11.2. The molecule has 0 saturated heterocycles. The van der Waals surface area contributed by atoms with Gasteiger partial charge in [-0.15, -0.1) is 0 Å². The number of carbonyl (C=O) groups is 1. The maximum absolute atomic E-state index is 11.5. The number of carboxylic acid groups (broad SMARTS) is 1. The minimum Gasteiger partial charge on any atom is -1.00 e. The molecule has 0 aliphatic heterocycles. The third-order valence-electron chi connectivity index (χ3n) is 2.02. The Bertz CT molecular complexity index is 614. The first kappa shape index (κ1) is 13.3. The van der Waals surface area contributed by atoms with Gasteiger partial charge in [-0.2, -0.15) is 0 Å². The predicted molar refractivity (Wildman–Crippen MR) is 57.7 cm³/mol. The predicted octanol–water partition coefficient (Wildman–Crippen LogP) is -1.00. The van der Waals surface area contributed by atoms with Gasteiger partial charge in [0.05, 0.1) is 5.52 Å². The second kappa shape index (κ2) is 5.01. The fourth-order valence-electron chi connectivity index (χ4n) is 1.34. The fourth-order valence-corrected chi connectivity index (χ4v) is 1.51. The largest absolute Gasteiger partial charge is 1.00 e. The number of H-pyrrole nitrogens is 1. The number of rotatable bonds is 1. The van der Waals surface area contributed by atoms with Crippen molar-refractivity contribution in [1.82, 2.24) is 4.98 Å². The van der Waals surface area contributed by atoms with E-state index >= 15 is 0 Å². The molecule has 0 aliphatic carbocycles. The average molecular weight is 248 g/mol. The van der Waals surface area contributed by atoms with Gasteiger partial charge in [-0.3, -0.25) is 4.79 Å². The van der Waals surface area contributed by atoms with E-state index in [1.165, 1.54) is 6.07 Å². The fraction of sp³-hybridized carbons (Fsp3) is 0. The molecule has 0 unspecified atom stereocenters. The summed E-state index contributed by atoms with van der Waals surface area (Å²) in [4.78, 5) is 24.8. The number of aromatic carboxylic acids is 1. The summed E-state index contributed by atoms with van der Waals surface area (Å²) in [6.07, 6.45) is 0. The van der Waals surface area contributed by atoms with E-state index in [1.54, 1.807) is 12.1 Å². The normalized spacial score (nSPS) is 9.81. The van der Waals surface area contributed by atoms with Crippen LogP contribution in [-0.4, -0.2) is 16.1 Å². The van der Waals surface area contributed by atoms with E-state index in [2.05, 4.69) is 4.98 Å². The molecular formula is C10H7ClNNaO3. The first-order valence-corrected chi connectivity index (χ1v) is 4.51. The topological polar surface area (TPSA) is 70.2 Å². The third-order valence-corrected chi connectivity index (χ3v) is 2.26. The van der Waals surface area contributed by atoms with Crippen LogP contribution < -0.4 is 35.0 Å². The second-order valence-corrected chi connectivity index (χ2v) is 3.48. The van der Waals surface area contributed by atoms with Crippen molar-refractivity contribution in [2.45, 2.75) is 0 Å². The molecular weight excluding hydrogens is 241 g/mol. The summed E-state index contributed by atoms with van der Waals surface area (Å²) in [5.41, 5.74) is -0.0556. The molecule has 16 heavy (non-hydrogen) atoms. The number of halogens is 1. The van der Waals surface area contributed by atoms with E-state index in [4.69, 9.17) is 16.7 Å². The van der Waals surface area contributed by atoms with Crippen molar-refractivity contribution >= 4 is 28.5 Å². The third kappa shape index (κ3) is 2.47. The van der Waals surface area contributed by atoms with Gasteiger partial charge in [0.25, 0.3) is 0 Å². The van der Waals surface area contributed by atoms with Crippen molar-refractivity contribution in [2.24, 2.45) is 0 Å². The molecule has 0 spiro atoms. The van der Waals surface area contributed by atoms with Crippen LogP contribution in [0.2, 0.25) is 5.02 Å². The molecule has 1 aromatic carbocycles. The molecule has 0 saturated carbocycles. The van der Waals surface area contributed by atoms with Crippen molar-refractivity contribution in [3.05, 3.63) is 45.2 Å². The monoisotopic (exact) mass is 247 g/mol. The molecule has 78 valence electrons. The van der Waals surface area contributed by atoms with E-state index in [9.17, 15) is 9.59 Å². The molecule has 2 rings (SSSR count). The van der Waals surface area contributed by atoms with Crippen LogP contribution in [0.5, 0.6) is 0 Å². The Kier molecular flexibility index (Phi) is 4.15. The van der Waals surface area contributed by atoms with Gasteiger partial charge < -0.3 is 11.5 Å². The average Bonchev–Trinajstić information content (AvgIpc) is 2.16. The smallest absolute Gasteiger partial charge is 1.00 e. The zero-order chi connectivity index (χ0) is 11.0. The number of fused-ring (bicyclic) bond motifs is 1. The molecule has 2 N–H and O–H groups in total. The Balaban J connectivity index is 0.00000128. The maximum atomic E-state index is 11.5. The van der Waals surface area contributed by atoms with Crippen LogP contribution >= 0.6 is 11.6 Å². The SMILES string of the molecule is O=C(O)c1cc(=O)c2ccc(Cl)cc2[nH]1.[H-].[Na+]. The van der Waals surface area contributed by atoms with Crippen LogP contribution in [0.3, 0.4) is 0 Å². The molecule has 4 nitrogen and oxygen atoms in total. The second-order valence-electron chi connectivity index (χ2n) is 3.04. The van der Waals surface area contributed by atoms with Crippen LogP contribution in [0.15, 0.2) is 29.1 Å². The zero-order valence-electron chi connectivity index (χ0n) is 9.45. The molecule has 1 aromatic heterocycles. The van der Waals surface area contributed by atoms with Gasteiger partial charge in [0.1, 0.15) is 5.69 Å². The van der Waals surface area contributed by atoms with Crippen LogP contribution in [0, 0.1) is 0 Å². The minimum absolute atomic E-state index is 0. The molecule has 0 aliphatic rings. The summed E-state index contributed by atoms with van der Waals surface area (Å²) in [5, 5.41) is 9.60. The van der Waals surface area contributed by atoms with Crippen LogP contribution in [0.4, 0.5) is 0 Å². The number of benzene rings is 1. The Morgan fingerprint density at radius 1 is 1.38 bits per heavy atom. The van der Waals surface area contributed by atoms with Gasteiger partial charge in [-0.1, -0.05) is 11.6 Å². The summed E-state index contributed by atoms with van der Waals surface area (Å²) in [6.45, 7) is 0. The van der Waals surface area contributed by atoms with Crippen LogP contribution in [0.25, 0.3) is 10.9 Å². The molecule has 2 aromatic rings. The molecule has 1 heterocycles. The number of aromatic amines is 1. The Morgan fingerprint density at radius 2 is 2.06 bits per heavy atom. The number of aromatic nitrogens is 1. The van der Waals surface area contributed by atoms with E-state index in [0.29, 0.717) is 15.9 Å². The minimum atomic E-state index is -1.17. The molecule has 6 heteroatoms. The molecule has 0 atom stereocenters. The van der Waals surface area contributed by atoms with E-state index in [0.717, 1.165) is 6.07 Å². The maximum Gasteiger partial charge on any atom is 1.00 e. The quantitative estimate of drug-likeness (QED) is 0.635. The van der Waals surface area contributed by atoms with E-state index < -0.39 is 5.97 Å². The number of nitrogens with one attached hydrogen (secondary N) is 1. The first-order chi connectivity index (χ1) is 7.08. The number of carboxylic acids is 1. The van der Waals surface area contributed by atoms with E-state index in [-0.39, 0.29) is 42.1 Å². The first-order valence-electron chi connectivity index (χ1n) is 4.14. The van der Waals surface area contributed by atoms with Crippen molar-refractivity contribution < 1.29 is 40.9 Å². The molecule has 0 bridgehead atoms. The standard InChI is InChI=1S/C10H6ClNO3.Na.H/c11-5-1-2-6-7(3-5)12-8(10(14)15)4-9(6)13;;/h1-4H,(H,12,13)(H,14,15);;/q;+1;-1. The van der Waals surface area contributed by atoms with Crippen LogP contribution in [-0.2, 0) is 0 Å². The summed E-state index contributed by atoms with van der Waals surface area (Å²) in [5.74, 6) is -1.17. The van der Waals surface area contributed by atoms with Gasteiger partial charge in [0.2, 0.25) is 0 Å². The van der Waals surface area contributed by atoms with Gasteiger partial charge in [-0.05, 0) is 18.2 Å². The van der Waals surface area contributed by atoms with Gasteiger partial charge in [0, 0.05) is 16.5 Å². The van der Waals surface area contributed by atoms with Crippen molar-refractivity contribution in [1.29, 1.82) is 0 Å². The number of pyridine rings is 1. The van der Waals surface area contributed by atoms with Crippen molar-refractivity contribution in [3.63, 3.8) is 0 Å². The Morgan fingerprint density at radius 3 is 2.69 bits per heavy atom. The van der Waals surface area contributed by atoms with Crippen molar-refractivity contribution in [3.8, 4) is 0 Å². The summed E-state index contributed by atoms with van der Waals surface area (Å²) >= 11 is 5.73. The van der Waals surface area contributed by atoms with Crippen molar-refractivity contribution in [2.75, 3.05) is 0 Å². The van der Waals surface area contributed by atoms with Gasteiger partial charge >= 0.3 is 35.5 Å². The number of hydrogen-bond acceptors (Lipinski definition) is 2. The molecule has 0 fully saturated rings. The Labute approximate surface area is 119 Å². The molecule has 0 amide bonds. The van der Waals surface area contributed by atoms with Gasteiger partial charge in [0.15, 0.2) is 5.43 Å². The van der Waals surface area contributed by atoms with Crippen LogP contribution in [0.1, 0.15) is 11.9 Å². The summed E-state index contributed by atoms with van der Waals surface area (Å²) < 4.78 is 0. The summed E-state index contributed by atoms with van der Waals surface area (Å²) in [6, 6.07) is 5.71. The summed E-state index contributed by atoms with van der Waals surface area (Å²) in [7, 11) is 0. The number of hydrogen-bond donors (Lipinski definition) is 2. The van der Waals surface area contributed by atoms with Gasteiger partial charge in [-0.25, -0.2) is 4.79 Å².